The van der Waals surface area contributed by atoms with Crippen LogP contribution >= 0.6 is 11.6 Å². The summed E-state index contributed by atoms with van der Waals surface area (Å²) < 4.78 is 0. The van der Waals surface area contributed by atoms with Crippen LogP contribution in [0.2, 0.25) is 5.02 Å². The molecule has 4 nitrogen and oxygen atoms in total. The quantitative estimate of drug-likeness (QED) is 0.880. The first kappa shape index (κ1) is 14.5. The van der Waals surface area contributed by atoms with Crippen molar-refractivity contribution in [3.63, 3.8) is 0 Å². The second kappa shape index (κ2) is 5.40. The van der Waals surface area contributed by atoms with Gasteiger partial charge in [-0.05, 0) is 24.6 Å². The molecule has 1 aromatic rings. The predicted octanol–water partition coefficient (Wildman–Crippen LogP) is 3.41. The smallest absolute Gasteiger partial charge is 0.335 e. The van der Waals surface area contributed by atoms with E-state index in [1.165, 1.54) is 18.2 Å². The zero-order valence-corrected chi connectivity index (χ0v) is 11.3. The van der Waals surface area contributed by atoms with Crippen molar-refractivity contribution in [3.8, 4) is 0 Å². The van der Waals surface area contributed by atoms with E-state index in [9.17, 15) is 9.59 Å². The van der Waals surface area contributed by atoms with Gasteiger partial charge in [-0.25, -0.2) is 4.79 Å². The number of halogens is 1. The Kier molecular flexibility index (Phi) is 4.35. The Bertz CT molecular complexity index is 483. The van der Waals surface area contributed by atoms with Crippen LogP contribution in [-0.4, -0.2) is 17.0 Å². The molecular weight excluding hydrogens is 254 g/mol. The summed E-state index contributed by atoms with van der Waals surface area (Å²) in [5.41, 5.74) is 0.0235. The molecule has 1 aromatic carbocycles. The summed E-state index contributed by atoms with van der Waals surface area (Å²) in [5, 5.41) is 11.7. The predicted molar refractivity (Wildman–Crippen MR) is 71.1 cm³/mol. The second-order valence-corrected chi connectivity index (χ2v) is 5.10. The van der Waals surface area contributed by atoms with Crippen LogP contribution in [0, 0.1) is 5.41 Å². The normalized spacial score (nSPS) is 11.1. The molecule has 0 spiro atoms. The summed E-state index contributed by atoms with van der Waals surface area (Å²) in [6.45, 7) is 5.60. The highest BCUT2D eigenvalue weighted by molar-refractivity contribution is 6.34. The van der Waals surface area contributed by atoms with E-state index in [-0.39, 0.29) is 16.5 Å². The van der Waals surface area contributed by atoms with Gasteiger partial charge in [-0.3, -0.25) is 4.79 Å². The third-order valence-corrected chi connectivity index (χ3v) is 3.28. The minimum absolute atomic E-state index is 0.0905. The van der Waals surface area contributed by atoms with E-state index in [0.29, 0.717) is 12.1 Å². The summed E-state index contributed by atoms with van der Waals surface area (Å²) in [7, 11) is 0. The summed E-state index contributed by atoms with van der Waals surface area (Å²) in [5.74, 6) is -1.20. The van der Waals surface area contributed by atoms with Gasteiger partial charge in [-0.1, -0.05) is 32.4 Å². The molecule has 1 rings (SSSR count). The van der Waals surface area contributed by atoms with Gasteiger partial charge in [0.2, 0.25) is 5.91 Å². The second-order valence-electron chi connectivity index (χ2n) is 4.69. The van der Waals surface area contributed by atoms with Gasteiger partial charge >= 0.3 is 5.97 Å². The first-order chi connectivity index (χ1) is 8.27. The highest BCUT2D eigenvalue weighted by Gasteiger charge is 2.25. The topological polar surface area (TPSA) is 66.4 Å². The van der Waals surface area contributed by atoms with Gasteiger partial charge in [0.15, 0.2) is 0 Å². The van der Waals surface area contributed by atoms with Gasteiger partial charge < -0.3 is 10.4 Å². The van der Waals surface area contributed by atoms with Crippen molar-refractivity contribution in [1.29, 1.82) is 0 Å². The molecule has 0 aliphatic carbocycles. The van der Waals surface area contributed by atoms with Crippen molar-refractivity contribution >= 4 is 29.2 Å². The molecule has 0 aliphatic heterocycles. The minimum atomic E-state index is -1.05. The van der Waals surface area contributed by atoms with E-state index in [0.717, 1.165) is 0 Å². The number of anilines is 1. The molecule has 0 bridgehead atoms. The Hall–Kier alpha value is -1.55. The van der Waals surface area contributed by atoms with Crippen molar-refractivity contribution in [2.45, 2.75) is 27.2 Å². The molecule has 0 unspecified atom stereocenters. The summed E-state index contributed by atoms with van der Waals surface area (Å²) in [4.78, 5) is 22.7. The first-order valence-electron chi connectivity index (χ1n) is 5.62. The zero-order valence-electron chi connectivity index (χ0n) is 10.6. The fourth-order valence-corrected chi connectivity index (χ4v) is 1.43. The lowest BCUT2D eigenvalue weighted by Gasteiger charge is -2.21. The maximum absolute atomic E-state index is 12.0. The minimum Gasteiger partial charge on any atom is -0.478 e. The number of carbonyl (C=O) groups excluding carboxylic acids is 1. The van der Waals surface area contributed by atoms with Gasteiger partial charge in [-0.15, -0.1) is 0 Å². The fraction of sp³-hybridized carbons (Fsp3) is 0.385. The van der Waals surface area contributed by atoms with Gasteiger partial charge in [0.05, 0.1) is 16.3 Å². The van der Waals surface area contributed by atoms with Crippen LogP contribution < -0.4 is 5.32 Å². The average Bonchev–Trinajstić information content (AvgIpc) is 2.31. The number of carboxylic acids is 1. The average molecular weight is 270 g/mol. The van der Waals surface area contributed by atoms with Crippen LogP contribution in [0.25, 0.3) is 0 Å². The van der Waals surface area contributed by atoms with Crippen LogP contribution in [-0.2, 0) is 4.79 Å². The lowest BCUT2D eigenvalue weighted by Crippen LogP contribution is -2.30. The van der Waals surface area contributed by atoms with E-state index >= 15 is 0 Å². The van der Waals surface area contributed by atoms with Crippen molar-refractivity contribution < 1.29 is 14.7 Å². The van der Waals surface area contributed by atoms with Crippen LogP contribution in [0.4, 0.5) is 5.69 Å². The molecule has 0 aliphatic rings. The van der Waals surface area contributed by atoms with Gasteiger partial charge in [0.1, 0.15) is 0 Å². The van der Waals surface area contributed by atoms with Crippen molar-refractivity contribution in [2.75, 3.05) is 5.32 Å². The molecule has 98 valence electrons. The Labute approximate surface area is 111 Å². The van der Waals surface area contributed by atoms with E-state index in [1.807, 2.05) is 20.8 Å². The molecule has 0 fully saturated rings. The largest absolute Gasteiger partial charge is 0.478 e. The third kappa shape index (κ3) is 3.23. The number of carboxylic acid groups (broad SMARTS) is 1. The Balaban J connectivity index is 2.93. The lowest BCUT2D eigenvalue weighted by molar-refractivity contribution is -0.124. The number of hydrogen-bond acceptors (Lipinski definition) is 2. The van der Waals surface area contributed by atoms with E-state index in [1.54, 1.807) is 0 Å². The number of amides is 1. The molecule has 0 atom stereocenters. The Morgan fingerprint density at radius 3 is 2.44 bits per heavy atom. The monoisotopic (exact) mass is 269 g/mol. The van der Waals surface area contributed by atoms with Crippen molar-refractivity contribution in [1.82, 2.24) is 0 Å². The maximum atomic E-state index is 12.0. The lowest BCUT2D eigenvalue weighted by atomic mass is 9.89. The molecule has 0 saturated heterocycles. The Morgan fingerprint density at radius 1 is 1.39 bits per heavy atom. The number of hydrogen-bond donors (Lipinski definition) is 2. The zero-order chi connectivity index (χ0) is 13.9. The molecule has 18 heavy (non-hydrogen) atoms. The highest BCUT2D eigenvalue weighted by Crippen LogP contribution is 2.27. The summed E-state index contributed by atoms with van der Waals surface area (Å²) >= 11 is 5.93. The van der Waals surface area contributed by atoms with Crippen LogP contribution in [0.15, 0.2) is 18.2 Å². The van der Waals surface area contributed by atoms with Gasteiger partial charge in [0.25, 0.3) is 0 Å². The summed E-state index contributed by atoms with van der Waals surface area (Å²) in [6, 6.07) is 4.22. The number of rotatable bonds is 4. The van der Waals surface area contributed by atoms with Crippen molar-refractivity contribution in [3.05, 3.63) is 28.8 Å². The molecule has 0 heterocycles. The van der Waals surface area contributed by atoms with Gasteiger partial charge in [0, 0.05) is 5.41 Å². The Morgan fingerprint density at radius 2 is 2.00 bits per heavy atom. The number of aromatic carboxylic acids is 1. The van der Waals surface area contributed by atoms with E-state index < -0.39 is 11.4 Å². The first-order valence-corrected chi connectivity index (χ1v) is 6.00. The summed E-state index contributed by atoms with van der Waals surface area (Å²) in [6.07, 6.45) is 0.698. The van der Waals surface area contributed by atoms with Crippen LogP contribution in [0.1, 0.15) is 37.6 Å². The maximum Gasteiger partial charge on any atom is 0.335 e. The standard InChI is InChI=1S/C13H16ClNO3/c1-4-13(2,3)12(18)15-10-6-5-8(11(16)17)7-9(10)14/h5-7H,4H2,1-3H3,(H,15,18)(H,16,17). The highest BCUT2D eigenvalue weighted by atomic mass is 35.5. The molecule has 5 heteroatoms. The van der Waals surface area contributed by atoms with Crippen LogP contribution in [0.5, 0.6) is 0 Å². The fourth-order valence-electron chi connectivity index (χ4n) is 1.20. The van der Waals surface area contributed by atoms with E-state index in [4.69, 9.17) is 16.7 Å². The van der Waals surface area contributed by atoms with Crippen LogP contribution in [0.3, 0.4) is 0 Å². The molecule has 0 aromatic heterocycles. The number of carbonyl (C=O) groups is 2. The molecule has 1 amide bonds. The van der Waals surface area contributed by atoms with E-state index in [2.05, 4.69) is 5.32 Å². The van der Waals surface area contributed by atoms with Crippen molar-refractivity contribution in [2.24, 2.45) is 5.41 Å². The third-order valence-electron chi connectivity index (χ3n) is 2.96. The number of benzene rings is 1. The molecular formula is C13H16ClNO3. The molecule has 0 radical (unpaired) electrons. The van der Waals surface area contributed by atoms with Gasteiger partial charge in [-0.2, -0.15) is 0 Å². The SMILES string of the molecule is CCC(C)(C)C(=O)Nc1ccc(C(=O)O)cc1Cl. The number of nitrogens with one attached hydrogen (secondary N) is 1. The molecule has 0 saturated carbocycles. The molecule has 2 N–H and O–H groups in total.